The van der Waals surface area contributed by atoms with E-state index in [4.69, 9.17) is 16.3 Å². The number of likely N-dealkylation sites (N-methyl/N-ethyl adjacent to an activating group) is 1. The van der Waals surface area contributed by atoms with Crippen LogP contribution in [0.15, 0.2) is 30.3 Å². The summed E-state index contributed by atoms with van der Waals surface area (Å²) in [5.74, 6) is -0.888. The van der Waals surface area contributed by atoms with E-state index >= 15 is 0 Å². The molecule has 0 radical (unpaired) electrons. The van der Waals surface area contributed by atoms with Crippen molar-refractivity contribution in [3.8, 4) is 16.9 Å². The van der Waals surface area contributed by atoms with Crippen molar-refractivity contribution in [3.63, 3.8) is 0 Å². The molecule has 128 valence electrons. The molecule has 0 aliphatic carbocycles. The van der Waals surface area contributed by atoms with E-state index in [1.807, 2.05) is 0 Å². The van der Waals surface area contributed by atoms with Gasteiger partial charge in [0.2, 0.25) is 0 Å². The molecule has 2 aromatic rings. The summed E-state index contributed by atoms with van der Waals surface area (Å²) >= 11 is 6.08. The Morgan fingerprint density at radius 1 is 1.29 bits per heavy atom. The van der Waals surface area contributed by atoms with Crippen LogP contribution in [0, 0.1) is 12.7 Å². The normalized spacial score (nSPS) is 10.7. The fourth-order valence-corrected chi connectivity index (χ4v) is 2.46. The first kappa shape index (κ1) is 18.2. The van der Waals surface area contributed by atoms with E-state index in [-0.39, 0.29) is 22.8 Å². The van der Waals surface area contributed by atoms with E-state index < -0.39 is 5.82 Å². The topological polar surface area (TPSA) is 49.8 Å². The summed E-state index contributed by atoms with van der Waals surface area (Å²) in [6, 6.07) is 7.00. The van der Waals surface area contributed by atoms with Crippen molar-refractivity contribution < 1.29 is 19.0 Å². The molecule has 1 amide bonds. The minimum atomic E-state index is -0.540. The molecule has 1 N–H and O–H groups in total. The number of nitrogens with zero attached hydrogens (tertiary/aromatic N) is 1. The molecular weight excluding hydrogens is 333 g/mol. The van der Waals surface area contributed by atoms with Crippen molar-refractivity contribution in [2.24, 2.45) is 0 Å². The summed E-state index contributed by atoms with van der Waals surface area (Å²) in [4.78, 5) is 13.9. The van der Waals surface area contributed by atoms with E-state index in [1.54, 1.807) is 21.1 Å². The standard InChI is InChI=1S/C18H19ClFNO3/c1-11-8-17(22)14(10-15(11)19)13-9-12(4-5-16(13)20)18(23)21(2)6-7-24-3/h4-5,8-10,22H,6-7H2,1-3H3. The number of carbonyl (C=O) groups is 1. The number of carbonyl (C=O) groups excluding carboxylic acids is 1. The van der Waals surface area contributed by atoms with Gasteiger partial charge in [0.15, 0.2) is 0 Å². The first-order valence-electron chi connectivity index (χ1n) is 7.38. The zero-order valence-corrected chi connectivity index (χ0v) is 14.5. The molecule has 0 unspecified atom stereocenters. The largest absolute Gasteiger partial charge is 0.507 e. The van der Waals surface area contributed by atoms with Crippen molar-refractivity contribution in [1.29, 1.82) is 0 Å². The summed E-state index contributed by atoms with van der Waals surface area (Å²) in [5.41, 5.74) is 1.38. The fourth-order valence-electron chi connectivity index (χ4n) is 2.30. The van der Waals surface area contributed by atoms with Crippen molar-refractivity contribution in [1.82, 2.24) is 4.90 Å². The highest BCUT2D eigenvalue weighted by molar-refractivity contribution is 6.31. The average molecular weight is 352 g/mol. The van der Waals surface area contributed by atoms with Crippen molar-refractivity contribution in [2.45, 2.75) is 6.92 Å². The Kier molecular flexibility index (Phi) is 5.80. The number of hydrogen-bond donors (Lipinski definition) is 1. The third-order valence-corrected chi connectivity index (χ3v) is 4.17. The number of ether oxygens (including phenoxy) is 1. The van der Waals surface area contributed by atoms with Gasteiger partial charge in [0.1, 0.15) is 11.6 Å². The van der Waals surface area contributed by atoms with E-state index in [2.05, 4.69) is 0 Å². The lowest BCUT2D eigenvalue weighted by Crippen LogP contribution is -2.29. The Balaban J connectivity index is 2.43. The highest BCUT2D eigenvalue weighted by Gasteiger charge is 2.17. The first-order chi connectivity index (χ1) is 11.3. The predicted octanol–water partition coefficient (Wildman–Crippen LogP) is 3.88. The van der Waals surface area contributed by atoms with Gasteiger partial charge in [-0.15, -0.1) is 0 Å². The second-order valence-electron chi connectivity index (χ2n) is 5.53. The Bertz CT molecular complexity index is 764. The highest BCUT2D eigenvalue weighted by Crippen LogP contribution is 2.35. The Morgan fingerprint density at radius 2 is 2.00 bits per heavy atom. The lowest BCUT2D eigenvalue weighted by molar-refractivity contribution is 0.0744. The summed E-state index contributed by atoms with van der Waals surface area (Å²) in [7, 11) is 3.20. The smallest absolute Gasteiger partial charge is 0.253 e. The third kappa shape index (κ3) is 3.86. The van der Waals surface area contributed by atoms with Crippen LogP contribution in [0.5, 0.6) is 5.75 Å². The van der Waals surface area contributed by atoms with E-state index in [0.29, 0.717) is 29.3 Å². The molecule has 0 aliphatic heterocycles. The number of phenolic OH excluding ortho intramolecular Hbond substituents is 1. The van der Waals surface area contributed by atoms with Gasteiger partial charge in [0.05, 0.1) is 6.61 Å². The quantitative estimate of drug-likeness (QED) is 0.889. The van der Waals surface area contributed by atoms with Gasteiger partial charge in [-0.3, -0.25) is 4.79 Å². The number of benzene rings is 2. The minimum absolute atomic E-state index is 0.0897. The Labute approximate surface area is 145 Å². The van der Waals surface area contributed by atoms with E-state index in [1.165, 1.54) is 35.2 Å². The zero-order chi connectivity index (χ0) is 17.9. The lowest BCUT2D eigenvalue weighted by Gasteiger charge is -2.17. The molecule has 0 aliphatic rings. The maximum atomic E-state index is 14.2. The predicted molar refractivity (Wildman–Crippen MR) is 92.1 cm³/mol. The maximum Gasteiger partial charge on any atom is 0.253 e. The second kappa shape index (κ2) is 7.64. The van der Waals surface area contributed by atoms with Crippen LogP contribution in [-0.4, -0.2) is 43.2 Å². The average Bonchev–Trinajstić information content (AvgIpc) is 2.56. The number of amides is 1. The molecule has 6 heteroatoms. The summed E-state index contributed by atoms with van der Waals surface area (Å²) in [6.45, 7) is 2.57. The van der Waals surface area contributed by atoms with Gasteiger partial charge >= 0.3 is 0 Å². The number of aromatic hydroxyl groups is 1. The van der Waals surface area contributed by atoms with Crippen LogP contribution in [0.4, 0.5) is 4.39 Å². The lowest BCUT2D eigenvalue weighted by atomic mass is 9.99. The van der Waals surface area contributed by atoms with Crippen LogP contribution < -0.4 is 0 Å². The number of rotatable bonds is 5. The molecule has 0 bridgehead atoms. The van der Waals surface area contributed by atoms with Crippen molar-refractivity contribution in [2.75, 3.05) is 27.3 Å². The molecule has 0 atom stereocenters. The van der Waals surface area contributed by atoms with Crippen molar-refractivity contribution in [3.05, 3.63) is 52.3 Å². The number of hydrogen-bond acceptors (Lipinski definition) is 3. The highest BCUT2D eigenvalue weighted by atomic mass is 35.5. The zero-order valence-electron chi connectivity index (χ0n) is 13.8. The van der Waals surface area contributed by atoms with Crippen LogP contribution >= 0.6 is 11.6 Å². The summed E-state index contributed by atoms with van der Waals surface area (Å²) in [5, 5.41) is 10.5. The molecule has 0 saturated heterocycles. The summed E-state index contributed by atoms with van der Waals surface area (Å²) in [6.07, 6.45) is 0. The van der Waals surface area contributed by atoms with Gasteiger partial charge in [-0.2, -0.15) is 0 Å². The molecule has 2 rings (SSSR count). The molecule has 0 fully saturated rings. The van der Waals surface area contributed by atoms with Gasteiger partial charge in [-0.05, 0) is 42.8 Å². The molecule has 0 spiro atoms. The first-order valence-corrected chi connectivity index (χ1v) is 7.76. The third-order valence-electron chi connectivity index (χ3n) is 3.76. The SMILES string of the molecule is COCCN(C)C(=O)c1ccc(F)c(-c2cc(Cl)c(C)cc2O)c1. The molecule has 0 aromatic heterocycles. The van der Waals surface area contributed by atoms with Gasteiger partial charge in [0, 0.05) is 42.4 Å². The van der Waals surface area contributed by atoms with Crippen LogP contribution in [-0.2, 0) is 4.74 Å². The van der Waals surface area contributed by atoms with E-state index in [9.17, 15) is 14.3 Å². The molecule has 0 heterocycles. The Hall–Kier alpha value is -2.11. The van der Waals surface area contributed by atoms with Gasteiger partial charge < -0.3 is 14.7 Å². The van der Waals surface area contributed by atoms with Gasteiger partial charge in [-0.1, -0.05) is 11.6 Å². The Morgan fingerprint density at radius 3 is 2.67 bits per heavy atom. The molecule has 2 aromatic carbocycles. The maximum absolute atomic E-state index is 14.2. The number of aryl methyl sites for hydroxylation is 1. The molecule has 4 nitrogen and oxygen atoms in total. The molecular formula is C18H19ClFNO3. The number of phenols is 1. The fraction of sp³-hybridized carbons (Fsp3) is 0.278. The van der Waals surface area contributed by atoms with Crippen LogP contribution in [0.3, 0.4) is 0 Å². The van der Waals surface area contributed by atoms with E-state index in [0.717, 1.165) is 0 Å². The molecule has 24 heavy (non-hydrogen) atoms. The second-order valence-corrected chi connectivity index (χ2v) is 5.94. The van der Waals surface area contributed by atoms with Gasteiger partial charge in [0.25, 0.3) is 5.91 Å². The minimum Gasteiger partial charge on any atom is -0.507 e. The van der Waals surface area contributed by atoms with Crippen molar-refractivity contribution >= 4 is 17.5 Å². The van der Waals surface area contributed by atoms with Crippen LogP contribution in [0.25, 0.3) is 11.1 Å². The molecule has 0 saturated carbocycles. The monoisotopic (exact) mass is 351 g/mol. The summed E-state index contributed by atoms with van der Waals surface area (Å²) < 4.78 is 19.2. The van der Waals surface area contributed by atoms with Crippen LogP contribution in [0.1, 0.15) is 15.9 Å². The van der Waals surface area contributed by atoms with Gasteiger partial charge in [-0.25, -0.2) is 4.39 Å². The number of methoxy groups -OCH3 is 1. The van der Waals surface area contributed by atoms with Crippen LogP contribution in [0.2, 0.25) is 5.02 Å². The number of halogens is 2.